The maximum absolute atomic E-state index is 11.7. The summed E-state index contributed by atoms with van der Waals surface area (Å²) in [5.74, 6) is 0.249. The predicted molar refractivity (Wildman–Crippen MR) is 71.1 cm³/mol. The first-order valence-corrected chi connectivity index (χ1v) is 7.57. The first-order chi connectivity index (χ1) is 7.93. The Kier molecular flexibility index (Phi) is 3.19. The lowest BCUT2D eigenvalue weighted by Crippen LogP contribution is -2.06. The van der Waals surface area contributed by atoms with Crippen LogP contribution in [-0.2, 0) is 22.6 Å². The summed E-state index contributed by atoms with van der Waals surface area (Å²) in [4.78, 5) is 0. The Morgan fingerprint density at radius 1 is 1.35 bits per heavy atom. The molecule has 0 radical (unpaired) electrons. The molecule has 0 saturated heterocycles. The van der Waals surface area contributed by atoms with Crippen LogP contribution < -0.4 is 0 Å². The molecule has 0 unspecified atom stereocenters. The van der Waals surface area contributed by atoms with Gasteiger partial charge in [-0.1, -0.05) is 24.6 Å². The summed E-state index contributed by atoms with van der Waals surface area (Å²) < 4.78 is 25.2. The number of benzene rings is 1. The third-order valence-corrected chi connectivity index (χ3v) is 4.72. The fraction of sp³-hybridized carbons (Fsp3) is 0.333. The zero-order valence-corrected chi connectivity index (χ0v) is 11.3. The van der Waals surface area contributed by atoms with Crippen LogP contribution >= 0.6 is 11.6 Å². The average molecular weight is 272 g/mol. The largest absolute Gasteiger partial charge is 0.350 e. The van der Waals surface area contributed by atoms with Gasteiger partial charge in [0.2, 0.25) is 0 Å². The van der Waals surface area contributed by atoms with Crippen molar-refractivity contribution in [1.29, 1.82) is 0 Å². The number of aromatic nitrogens is 1. The Morgan fingerprint density at radius 3 is 2.71 bits per heavy atom. The second-order valence-corrected chi connectivity index (χ2v) is 6.89. The molecule has 2 aromatic rings. The molecule has 0 amide bonds. The first kappa shape index (κ1) is 12.5. The highest BCUT2D eigenvalue weighted by Gasteiger charge is 2.14. The van der Waals surface area contributed by atoms with Crippen molar-refractivity contribution in [2.24, 2.45) is 7.05 Å². The van der Waals surface area contributed by atoms with Gasteiger partial charge in [-0.15, -0.1) is 0 Å². The van der Waals surface area contributed by atoms with E-state index >= 15 is 0 Å². The van der Waals surface area contributed by atoms with Gasteiger partial charge in [0.15, 0.2) is 9.84 Å². The van der Waals surface area contributed by atoms with Crippen LogP contribution in [0.2, 0.25) is 5.02 Å². The molecule has 1 heterocycles. The SMILES string of the molecule is CCS(=O)(=O)Cc1cn(C)c2cc(Cl)ccc12. The fourth-order valence-electron chi connectivity index (χ4n) is 1.89. The molecule has 92 valence electrons. The lowest BCUT2D eigenvalue weighted by Gasteiger charge is -1.99. The second-order valence-electron chi connectivity index (χ2n) is 4.10. The molecular weight excluding hydrogens is 258 g/mol. The van der Waals surface area contributed by atoms with Crippen LogP contribution in [0.1, 0.15) is 12.5 Å². The van der Waals surface area contributed by atoms with Crippen molar-refractivity contribution in [2.45, 2.75) is 12.7 Å². The van der Waals surface area contributed by atoms with Crippen LogP contribution in [0.3, 0.4) is 0 Å². The summed E-state index contributed by atoms with van der Waals surface area (Å²) in [6, 6.07) is 5.50. The van der Waals surface area contributed by atoms with Gasteiger partial charge in [-0.25, -0.2) is 8.42 Å². The van der Waals surface area contributed by atoms with E-state index in [2.05, 4.69) is 0 Å². The molecule has 0 aliphatic heterocycles. The zero-order chi connectivity index (χ0) is 12.6. The van der Waals surface area contributed by atoms with Gasteiger partial charge in [-0.3, -0.25) is 0 Å². The molecule has 0 saturated carbocycles. The number of halogens is 1. The molecule has 5 heteroatoms. The van der Waals surface area contributed by atoms with E-state index in [4.69, 9.17) is 11.6 Å². The molecule has 0 aliphatic carbocycles. The van der Waals surface area contributed by atoms with Crippen LogP contribution in [0, 0.1) is 0 Å². The average Bonchev–Trinajstić information content (AvgIpc) is 2.55. The summed E-state index contributed by atoms with van der Waals surface area (Å²) in [7, 11) is -1.12. The fourth-order valence-corrected chi connectivity index (χ4v) is 2.97. The third kappa shape index (κ3) is 2.48. The minimum atomic E-state index is -3.01. The number of hydrogen-bond donors (Lipinski definition) is 0. The molecule has 1 aromatic heterocycles. The van der Waals surface area contributed by atoms with Gasteiger partial charge >= 0.3 is 0 Å². The number of aryl methyl sites for hydroxylation is 1. The molecule has 0 N–H and O–H groups in total. The number of sulfone groups is 1. The van der Waals surface area contributed by atoms with E-state index in [1.165, 1.54) is 0 Å². The van der Waals surface area contributed by atoms with Crippen LogP contribution in [0.25, 0.3) is 10.9 Å². The minimum absolute atomic E-state index is 0.0858. The van der Waals surface area contributed by atoms with Crippen LogP contribution in [0.4, 0.5) is 0 Å². The molecule has 1 aromatic carbocycles. The summed E-state index contributed by atoms with van der Waals surface area (Å²) >= 11 is 5.93. The highest BCUT2D eigenvalue weighted by molar-refractivity contribution is 7.90. The second kappa shape index (κ2) is 4.35. The van der Waals surface area contributed by atoms with Crippen molar-refractivity contribution in [1.82, 2.24) is 4.57 Å². The minimum Gasteiger partial charge on any atom is -0.350 e. The topological polar surface area (TPSA) is 39.1 Å². The maximum Gasteiger partial charge on any atom is 0.154 e. The van der Waals surface area contributed by atoms with Crippen molar-refractivity contribution in [3.63, 3.8) is 0 Å². The standard InChI is InChI=1S/C12H14ClNO2S/c1-3-17(15,16)8-9-7-14(2)12-6-10(13)4-5-11(9)12/h4-7H,3,8H2,1-2H3. The van der Waals surface area contributed by atoms with Crippen molar-refractivity contribution < 1.29 is 8.42 Å². The van der Waals surface area contributed by atoms with Crippen molar-refractivity contribution in [2.75, 3.05) is 5.75 Å². The van der Waals surface area contributed by atoms with Gasteiger partial charge in [-0.2, -0.15) is 0 Å². The van der Waals surface area contributed by atoms with Gasteiger partial charge in [-0.05, 0) is 17.7 Å². The molecule has 0 atom stereocenters. The Bertz CT molecular complexity index is 658. The highest BCUT2D eigenvalue weighted by atomic mass is 35.5. The van der Waals surface area contributed by atoms with Crippen molar-refractivity contribution >= 4 is 32.3 Å². The molecule has 0 fully saturated rings. The smallest absolute Gasteiger partial charge is 0.154 e. The summed E-state index contributed by atoms with van der Waals surface area (Å²) in [5.41, 5.74) is 1.79. The lowest BCUT2D eigenvalue weighted by atomic mass is 10.2. The predicted octanol–water partition coefficient (Wildman–Crippen LogP) is 2.77. The summed E-state index contributed by atoms with van der Waals surface area (Å²) in [6.45, 7) is 1.66. The molecule has 3 nitrogen and oxygen atoms in total. The van der Waals surface area contributed by atoms with Crippen molar-refractivity contribution in [3.05, 3.63) is 35.0 Å². The van der Waals surface area contributed by atoms with Gasteiger partial charge in [0.05, 0.1) is 5.75 Å². The lowest BCUT2D eigenvalue weighted by molar-refractivity contribution is 0.596. The number of fused-ring (bicyclic) bond motifs is 1. The summed E-state index contributed by atoms with van der Waals surface area (Å²) in [5, 5.41) is 1.61. The van der Waals surface area contributed by atoms with Crippen LogP contribution in [-0.4, -0.2) is 18.7 Å². The van der Waals surface area contributed by atoms with Gasteiger partial charge in [0, 0.05) is 34.9 Å². The zero-order valence-electron chi connectivity index (χ0n) is 9.77. The molecule has 0 aliphatic rings. The Balaban J connectivity index is 2.57. The quantitative estimate of drug-likeness (QED) is 0.861. The van der Waals surface area contributed by atoms with E-state index in [9.17, 15) is 8.42 Å². The molecular formula is C12H14ClNO2S. The Morgan fingerprint density at radius 2 is 2.06 bits per heavy atom. The molecule has 2 rings (SSSR count). The maximum atomic E-state index is 11.7. The van der Waals surface area contributed by atoms with Gasteiger partial charge in [0.25, 0.3) is 0 Å². The molecule has 17 heavy (non-hydrogen) atoms. The first-order valence-electron chi connectivity index (χ1n) is 5.37. The number of nitrogens with zero attached hydrogens (tertiary/aromatic N) is 1. The highest BCUT2D eigenvalue weighted by Crippen LogP contribution is 2.25. The Labute approximate surface area is 106 Å². The van der Waals surface area contributed by atoms with Crippen molar-refractivity contribution in [3.8, 4) is 0 Å². The van der Waals surface area contributed by atoms with E-state index in [0.717, 1.165) is 16.5 Å². The van der Waals surface area contributed by atoms with Gasteiger partial charge < -0.3 is 4.57 Å². The van der Waals surface area contributed by atoms with Crippen LogP contribution in [0.5, 0.6) is 0 Å². The van der Waals surface area contributed by atoms with Gasteiger partial charge in [0.1, 0.15) is 0 Å². The third-order valence-electron chi connectivity index (χ3n) is 2.85. The van der Waals surface area contributed by atoms with E-state index in [-0.39, 0.29) is 11.5 Å². The number of rotatable bonds is 3. The van der Waals surface area contributed by atoms with E-state index < -0.39 is 9.84 Å². The molecule has 0 spiro atoms. The van der Waals surface area contributed by atoms with E-state index in [0.29, 0.717) is 5.02 Å². The van der Waals surface area contributed by atoms with Crippen LogP contribution in [0.15, 0.2) is 24.4 Å². The number of hydrogen-bond acceptors (Lipinski definition) is 2. The molecule has 0 bridgehead atoms. The Hall–Kier alpha value is -1.00. The van der Waals surface area contributed by atoms with E-state index in [1.54, 1.807) is 13.0 Å². The normalized spacial score (nSPS) is 12.2. The monoisotopic (exact) mass is 271 g/mol. The van der Waals surface area contributed by atoms with E-state index in [1.807, 2.05) is 29.9 Å². The summed E-state index contributed by atoms with van der Waals surface area (Å²) in [6.07, 6.45) is 1.86.